The highest BCUT2D eigenvalue weighted by Crippen LogP contribution is 2.22. The van der Waals surface area contributed by atoms with Gasteiger partial charge in [-0.2, -0.15) is 0 Å². The first-order valence-electron chi connectivity index (χ1n) is 6.30. The van der Waals surface area contributed by atoms with Crippen LogP contribution in [0.1, 0.15) is 25.3 Å². The number of piperidine rings is 1. The summed E-state index contributed by atoms with van der Waals surface area (Å²) in [7, 11) is 0. The van der Waals surface area contributed by atoms with E-state index >= 15 is 0 Å². The summed E-state index contributed by atoms with van der Waals surface area (Å²) in [6.07, 6.45) is 2.08. The Kier molecular flexibility index (Phi) is 4.60. The second-order valence-electron chi connectivity index (χ2n) is 4.98. The second kappa shape index (κ2) is 5.98. The van der Waals surface area contributed by atoms with Crippen LogP contribution in [0.2, 0.25) is 0 Å². The first kappa shape index (κ1) is 13.1. The van der Waals surface area contributed by atoms with Gasteiger partial charge in [0, 0.05) is 11.0 Å². The SMILES string of the molecule is CC(O)C1CCN(Cc2cccc(Br)c2)CC1. The fraction of sp³-hybridized carbons (Fsp3) is 0.571. The highest BCUT2D eigenvalue weighted by Gasteiger charge is 2.22. The molecular weight excluding hydrogens is 278 g/mol. The molecule has 0 spiro atoms. The van der Waals surface area contributed by atoms with Crippen LogP contribution in [0.5, 0.6) is 0 Å². The molecule has 0 bridgehead atoms. The van der Waals surface area contributed by atoms with Gasteiger partial charge >= 0.3 is 0 Å². The first-order chi connectivity index (χ1) is 8.15. The smallest absolute Gasteiger partial charge is 0.0541 e. The molecular formula is C14H20BrNO. The molecule has 1 aromatic rings. The van der Waals surface area contributed by atoms with Crippen molar-refractivity contribution in [1.82, 2.24) is 4.90 Å². The molecule has 0 radical (unpaired) electrons. The number of nitrogens with zero attached hydrogens (tertiary/aromatic N) is 1. The van der Waals surface area contributed by atoms with Gasteiger partial charge in [0.15, 0.2) is 0 Å². The minimum atomic E-state index is -0.150. The zero-order chi connectivity index (χ0) is 12.3. The zero-order valence-corrected chi connectivity index (χ0v) is 11.9. The fourth-order valence-electron chi connectivity index (χ4n) is 2.49. The lowest BCUT2D eigenvalue weighted by Crippen LogP contribution is -2.36. The minimum Gasteiger partial charge on any atom is -0.393 e. The van der Waals surface area contributed by atoms with E-state index in [-0.39, 0.29) is 6.10 Å². The lowest BCUT2D eigenvalue weighted by Gasteiger charge is -2.33. The van der Waals surface area contributed by atoms with Gasteiger partial charge in [-0.15, -0.1) is 0 Å². The number of benzene rings is 1. The molecule has 0 aliphatic carbocycles. The zero-order valence-electron chi connectivity index (χ0n) is 10.3. The summed E-state index contributed by atoms with van der Waals surface area (Å²) in [5, 5.41) is 9.56. The molecule has 2 nitrogen and oxygen atoms in total. The summed E-state index contributed by atoms with van der Waals surface area (Å²) in [4.78, 5) is 2.47. The summed E-state index contributed by atoms with van der Waals surface area (Å²) in [5.74, 6) is 0.494. The highest BCUT2D eigenvalue weighted by molar-refractivity contribution is 9.10. The van der Waals surface area contributed by atoms with Crippen LogP contribution in [0.4, 0.5) is 0 Å². The van der Waals surface area contributed by atoms with Crippen LogP contribution in [0.15, 0.2) is 28.7 Å². The predicted molar refractivity (Wildman–Crippen MR) is 73.8 cm³/mol. The Morgan fingerprint density at radius 1 is 1.41 bits per heavy atom. The van der Waals surface area contributed by atoms with Crippen LogP contribution >= 0.6 is 15.9 Å². The van der Waals surface area contributed by atoms with E-state index in [4.69, 9.17) is 0 Å². The van der Waals surface area contributed by atoms with Crippen molar-refractivity contribution in [2.45, 2.75) is 32.4 Å². The van der Waals surface area contributed by atoms with Gasteiger partial charge in [0.25, 0.3) is 0 Å². The molecule has 1 saturated heterocycles. The van der Waals surface area contributed by atoms with Gasteiger partial charge in [-0.1, -0.05) is 28.1 Å². The van der Waals surface area contributed by atoms with Crippen molar-refractivity contribution in [3.8, 4) is 0 Å². The Bertz CT molecular complexity index is 359. The quantitative estimate of drug-likeness (QED) is 0.927. The summed E-state index contributed by atoms with van der Waals surface area (Å²) < 4.78 is 1.15. The van der Waals surface area contributed by atoms with E-state index in [1.165, 1.54) is 5.56 Å². The molecule has 94 valence electrons. The molecule has 1 aliphatic rings. The van der Waals surface area contributed by atoms with Crippen molar-refractivity contribution in [3.05, 3.63) is 34.3 Å². The average Bonchev–Trinajstić information content (AvgIpc) is 2.29. The van der Waals surface area contributed by atoms with Crippen LogP contribution < -0.4 is 0 Å². The normalized spacial score (nSPS) is 20.4. The van der Waals surface area contributed by atoms with E-state index in [0.29, 0.717) is 5.92 Å². The molecule has 0 aromatic heterocycles. The first-order valence-corrected chi connectivity index (χ1v) is 7.09. The van der Waals surface area contributed by atoms with Gasteiger partial charge in [0.1, 0.15) is 0 Å². The Morgan fingerprint density at radius 3 is 2.71 bits per heavy atom. The number of hydrogen-bond acceptors (Lipinski definition) is 2. The van der Waals surface area contributed by atoms with Gasteiger partial charge in [0.05, 0.1) is 6.10 Å². The maximum absolute atomic E-state index is 9.56. The van der Waals surface area contributed by atoms with Gasteiger partial charge in [0.2, 0.25) is 0 Å². The third-order valence-corrected chi connectivity index (χ3v) is 4.10. The van der Waals surface area contributed by atoms with Crippen LogP contribution in [-0.4, -0.2) is 29.2 Å². The molecule has 1 aliphatic heterocycles. The monoisotopic (exact) mass is 297 g/mol. The van der Waals surface area contributed by atoms with Gasteiger partial charge in [-0.25, -0.2) is 0 Å². The Hall–Kier alpha value is -0.380. The fourth-order valence-corrected chi connectivity index (χ4v) is 2.93. The highest BCUT2D eigenvalue weighted by atomic mass is 79.9. The third-order valence-electron chi connectivity index (χ3n) is 3.61. The van der Waals surface area contributed by atoms with Crippen molar-refractivity contribution in [3.63, 3.8) is 0 Å². The molecule has 0 amide bonds. The van der Waals surface area contributed by atoms with E-state index in [2.05, 4.69) is 45.1 Å². The van der Waals surface area contributed by atoms with Crippen molar-refractivity contribution >= 4 is 15.9 Å². The molecule has 2 rings (SSSR count). The van der Waals surface area contributed by atoms with Gasteiger partial charge in [-0.3, -0.25) is 4.90 Å². The maximum atomic E-state index is 9.56. The third kappa shape index (κ3) is 3.80. The van der Waals surface area contributed by atoms with Crippen LogP contribution in [0.25, 0.3) is 0 Å². The van der Waals surface area contributed by atoms with Crippen LogP contribution in [-0.2, 0) is 6.54 Å². The van der Waals surface area contributed by atoms with Crippen LogP contribution in [0.3, 0.4) is 0 Å². The number of rotatable bonds is 3. The van der Waals surface area contributed by atoms with Gasteiger partial charge in [-0.05, 0) is 56.5 Å². The van der Waals surface area contributed by atoms with Crippen molar-refractivity contribution < 1.29 is 5.11 Å². The Balaban J connectivity index is 1.86. The number of hydrogen-bond donors (Lipinski definition) is 1. The molecule has 1 aromatic carbocycles. The molecule has 3 heteroatoms. The summed E-state index contributed by atoms with van der Waals surface area (Å²) in [5.41, 5.74) is 1.36. The Labute approximate surface area is 112 Å². The van der Waals surface area contributed by atoms with Crippen LogP contribution in [0, 0.1) is 5.92 Å². The summed E-state index contributed by atoms with van der Waals surface area (Å²) >= 11 is 3.50. The number of aliphatic hydroxyl groups is 1. The number of aliphatic hydroxyl groups excluding tert-OH is 1. The lowest BCUT2D eigenvalue weighted by molar-refractivity contribution is 0.0695. The second-order valence-corrected chi connectivity index (χ2v) is 5.90. The topological polar surface area (TPSA) is 23.5 Å². The molecule has 1 heterocycles. The number of halogens is 1. The van der Waals surface area contributed by atoms with E-state index in [1.54, 1.807) is 0 Å². The maximum Gasteiger partial charge on any atom is 0.0541 e. The van der Waals surface area contributed by atoms with E-state index in [9.17, 15) is 5.11 Å². The summed E-state index contributed by atoms with van der Waals surface area (Å²) in [6.45, 7) is 5.13. The van der Waals surface area contributed by atoms with E-state index < -0.39 is 0 Å². The Morgan fingerprint density at radius 2 is 2.12 bits per heavy atom. The van der Waals surface area contributed by atoms with Crippen molar-refractivity contribution in [2.75, 3.05) is 13.1 Å². The molecule has 1 fully saturated rings. The molecule has 17 heavy (non-hydrogen) atoms. The molecule has 1 atom stereocenters. The summed E-state index contributed by atoms with van der Waals surface area (Å²) in [6, 6.07) is 8.50. The molecule has 0 saturated carbocycles. The molecule has 1 N–H and O–H groups in total. The van der Waals surface area contributed by atoms with Gasteiger partial charge < -0.3 is 5.11 Å². The predicted octanol–water partition coefficient (Wildman–Crippen LogP) is 3.04. The lowest BCUT2D eigenvalue weighted by atomic mass is 9.92. The van der Waals surface area contributed by atoms with Crippen molar-refractivity contribution in [1.29, 1.82) is 0 Å². The average molecular weight is 298 g/mol. The van der Waals surface area contributed by atoms with E-state index in [0.717, 1.165) is 36.9 Å². The number of likely N-dealkylation sites (tertiary alicyclic amines) is 1. The molecule has 1 unspecified atom stereocenters. The minimum absolute atomic E-state index is 0.150. The largest absolute Gasteiger partial charge is 0.393 e. The van der Waals surface area contributed by atoms with E-state index in [1.807, 2.05) is 6.92 Å². The standard InChI is InChI=1S/C14H20BrNO/c1-11(17)13-5-7-16(8-6-13)10-12-3-2-4-14(15)9-12/h2-4,9,11,13,17H,5-8,10H2,1H3. The van der Waals surface area contributed by atoms with Crippen molar-refractivity contribution in [2.24, 2.45) is 5.92 Å².